The van der Waals surface area contributed by atoms with E-state index in [4.69, 9.17) is 11.6 Å². The molecule has 5 aromatic rings. The van der Waals surface area contributed by atoms with Crippen LogP contribution in [-0.4, -0.2) is 45.8 Å². The maximum atomic E-state index is 13.4. The highest BCUT2D eigenvalue weighted by Crippen LogP contribution is 2.36. The first-order valence-corrected chi connectivity index (χ1v) is 12.8. The second-order valence-electron chi connectivity index (χ2n) is 8.72. The van der Waals surface area contributed by atoms with Gasteiger partial charge in [0.05, 0.1) is 28.5 Å². The van der Waals surface area contributed by atoms with E-state index in [0.29, 0.717) is 40.7 Å². The minimum absolute atomic E-state index is 0.145. The number of H-pyrrole nitrogens is 1. The zero-order chi connectivity index (χ0) is 25.7. The number of pyridine rings is 1. The molecule has 5 heterocycles. The smallest absolute Gasteiger partial charge is 0.346 e. The topological polar surface area (TPSA) is 132 Å². The van der Waals surface area contributed by atoms with E-state index >= 15 is 0 Å². The first kappa shape index (κ1) is 23.3. The number of halogens is 1. The van der Waals surface area contributed by atoms with E-state index in [9.17, 15) is 14.7 Å². The largest absolute Gasteiger partial charge is 0.477 e. The zero-order valence-corrected chi connectivity index (χ0v) is 21.1. The van der Waals surface area contributed by atoms with Crippen LogP contribution in [0.1, 0.15) is 46.1 Å². The van der Waals surface area contributed by atoms with E-state index in [0.717, 1.165) is 33.0 Å². The number of nitrogens with zero attached hydrogens (tertiary/aromatic N) is 6. The van der Waals surface area contributed by atoms with Gasteiger partial charge < -0.3 is 14.7 Å². The molecule has 1 aliphatic rings. The number of aromatic nitrogens is 7. The number of fused-ring (bicyclic) bond motifs is 1. The molecule has 0 spiro atoms. The molecule has 0 unspecified atom stereocenters. The number of thiophene rings is 1. The lowest BCUT2D eigenvalue weighted by atomic mass is 10.0. The molecular weight excluding hydrogens is 514 g/mol. The normalized spacial score (nSPS) is 14.7. The third kappa shape index (κ3) is 4.05. The summed E-state index contributed by atoms with van der Waals surface area (Å²) in [6.45, 7) is 1.93. The predicted molar refractivity (Wildman–Crippen MR) is 139 cm³/mol. The summed E-state index contributed by atoms with van der Waals surface area (Å²) in [7, 11) is 0. The molecule has 0 amide bonds. The van der Waals surface area contributed by atoms with Gasteiger partial charge in [0.15, 0.2) is 0 Å². The Labute approximate surface area is 219 Å². The third-order valence-corrected chi connectivity index (χ3v) is 7.99. The van der Waals surface area contributed by atoms with Crippen LogP contribution in [0.5, 0.6) is 0 Å². The van der Waals surface area contributed by atoms with Gasteiger partial charge >= 0.3 is 5.97 Å². The van der Waals surface area contributed by atoms with E-state index in [1.165, 1.54) is 22.3 Å². The van der Waals surface area contributed by atoms with Crippen LogP contribution in [0.2, 0.25) is 5.02 Å². The Morgan fingerprint density at radius 3 is 2.86 bits per heavy atom. The molecule has 4 aromatic heterocycles. The number of tetrazole rings is 1. The molecule has 2 N–H and O–H groups in total. The van der Waals surface area contributed by atoms with Gasteiger partial charge in [0, 0.05) is 22.3 Å². The van der Waals surface area contributed by atoms with Gasteiger partial charge in [-0.3, -0.25) is 4.79 Å². The molecule has 0 saturated heterocycles. The number of benzene rings is 1. The number of imidazole rings is 1. The molecule has 0 fully saturated rings. The fourth-order valence-corrected chi connectivity index (χ4v) is 6.09. The van der Waals surface area contributed by atoms with Crippen LogP contribution in [0.4, 0.5) is 0 Å². The highest BCUT2D eigenvalue weighted by molar-refractivity contribution is 7.17. The highest BCUT2D eigenvalue weighted by Gasteiger charge is 2.28. The Morgan fingerprint density at radius 1 is 1.27 bits per heavy atom. The van der Waals surface area contributed by atoms with Gasteiger partial charge in [-0.2, -0.15) is 4.68 Å². The maximum absolute atomic E-state index is 13.4. The molecule has 1 atom stereocenters. The van der Waals surface area contributed by atoms with Gasteiger partial charge in [0.25, 0.3) is 5.56 Å². The Balaban J connectivity index is 1.36. The summed E-state index contributed by atoms with van der Waals surface area (Å²) >= 11 is 7.52. The fraction of sp³-hybridized carbons (Fsp3) is 0.200. The van der Waals surface area contributed by atoms with Crippen molar-refractivity contribution < 1.29 is 9.90 Å². The number of carboxylic acid groups (broad SMARTS) is 1. The number of carboxylic acids is 1. The van der Waals surface area contributed by atoms with Gasteiger partial charge in [-0.1, -0.05) is 18.5 Å². The lowest BCUT2D eigenvalue weighted by molar-refractivity contribution is 0.0701. The summed E-state index contributed by atoms with van der Waals surface area (Å²) in [5.74, 6) is -0.257. The monoisotopic (exact) mass is 533 g/mol. The number of nitrogens with one attached hydrogen (secondary N) is 1. The number of aryl methyl sites for hydroxylation is 2. The third-order valence-electron chi connectivity index (χ3n) is 6.56. The van der Waals surface area contributed by atoms with Crippen LogP contribution in [0, 0.1) is 0 Å². The predicted octanol–water partition coefficient (Wildman–Crippen LogP) is 4.39. The summed E-state index contributed by atoms with van der Waals surface area (Å²) in [5, 5.41) is 21.4. The molecule has 0 radical (unpaired) electrons. The first-order chi connectivity index (χ1) is 17.9. The number of rotatable bonds is 6. The Morgan fingerprint density at radius 2 is 2.14 bits per heavy atom. The van der Waals surface area contributed by atoms with E-state index in [2.05, 4.69) is 25.5 Å². The number of aromatic carboxylic acids is 1. The Hall–Kier alpha value is -4.09. The number of hydrogen-bond acceptors (Lipinski definition) is 7. The van der Waals surface area contributed by atoms with Crippen LogP contribution in [0.15, 0.2) is 53.7 Å². The van der Waals surface area contributed by atoms with E-state index in [1.54, 1.807) is 29.0 Å². The lowest BCUT2D eigenvalue weighted by Crippen LogP contribution is -2.23. The molecule has 10 nitrogen and oxygen atoms in total. The molecule has 1 aromatic carbocycles. The molecule has 37 heavy (non-hydrogen) atoms. The zero-order valence-electron chi connectivity index (χ0n) is 19.6. The molecule has 12 heteroatoms. The molecular formula is C25H20ClN7O3S. The quantitative estimate of drug-likeness (QED) is 0.331. The molecule has 0 saturated carbocycles. The summed E-state index contributed by atoms with van der Waals surface area (Å²) in [6, 6.07) is 10.6. The maximum Gasteiger partial charge on any atom is 0.346 e. The number of carbonyl (C=O) groups is 1. The van der Waals surface area contributed by atoms with Gasteiger partial charge in [0.2, 0.25) is 0 Å². The van der Waals surface area contributed by atoms with E-state index < -0.39 is 5.97 Å². The fourth-order valence-electron chi connectivity index (χ4n) is 4.86. The summed E-state index contributed by atoms with van der Waals surface area (Å²) < 4.78 is 3.30. The van der Waals surface area contributed by atoms with Crippen LogP contribution in [0.25, 0.3) is 27.4 Å². The van der Waals surface area contributed by atoms with Gasteiger partial charge in [0.1, 0.15) is 17.0 Å². The van der Waals surface area contributed by atoms with Crippen LogP contribution in [-0.2, 0) is 12.8 Å². The first-order valence-electron chi connectivity index (χ1n) is 11.6. The molecule has 1 aliphatic heterocycles. The van der Waals surface area contributed by atoms with Crippen LogP contribution < -0.4 is 5.56 Å². The van der Waals surface area contributed by atoms with Crippen LogP contribution in [0.3, 0.4) is 0 Å². The summed E-state index contributed by atoms with van der Waals surface area (Å²) in [4.78, 5) is 34.0. The van der Waals surface area contributed by atoms with Crippen LogP contribution >= 0.6 is 22.9 Å². The lowest BCUT2D eigenvalue weighted by Gasteiger charge is -2.15. The average Bonchev–Trinajstić information content (AvgIpc) is 3.68. The van der Waals surface area contributed by atoms with Gasteiger partial charge in [-0.05, 0) is 71.1 Å². The minimum Gasteiger partial charge on any atom is -0.477 e. The Bertz CT molecular complexity index is 1700. The van der Waals surface area contributed by atoms with Crippen molar-refractivity contribution in [3.63, 3.8) is 0 Å². The molecule has 186 valence electrons. The average molecular weight is 534 g/mol. The van der Waals surface area contributed by atoms with Crippen molar-refractivity contribution in [2.45, 2.75) is 32.2 Å². The standard InChI is InChI=1S/C25H20ClN7O3S/c1-2-13-8-21(37-23(13)25(35)36)18-11-27-24(29-18)20-6-4-16-7-14(9-22(34)33(16)20)17-10-15(26)3-5-19(17)32-12-28-30-31-32/h3,5,7-12,20H,2,4,6H2,1H3,(H,27,29)(H,35,36)/t20-/m0/s1. The second-order valence-corrected chi connectivity index (χ2v) is 10.2. The highest BCUT2D eigenvalue weighted by atomic mass is 35.5. The van der Waals surface area contributed by atoms with E-state index in [-0.39, 0.29) is 11.6 Å². The molecule has 0 bridgehead atoms. The van der Waals surface area contributed by atoms with Crippen molar-refractivity contribution in [3.8, 4) is 27.4 Å². The van der Waals surface area contributed by atoms with Crippen molar-refractivity contribution in [2.24, 2.45) is 0 Å². The number of aromatic amines is 1. The SMILES string of the molecule is CCc1cc(-c2cnc([C@@H]3CCc4cc(-c5cc(Cl)ccc5-n5cnnn5)cc(=O)n43)[nH]2)sc1C(=O)O. The van der Waals surface area contributed by atoms with Crippen molar-refractivity contribution in [1.82, 2.24) is 34.7 Å². The van der Waals surface area contributed by atoms with E-state index in [1.807, 2.05) is 25.1 Å². The molecule has 0 aliphatic carbocycles. The van der Waals surface area contributed by atoms with Crippen molar-refractivity contribution >= 4 is 28.9 Å². The summed E-state index contributed by atoms with van der Waals surface area (Å²) in [6.07, 6.45) is 5.25. The van der Waals surface area contributed by atoms with Crippen molar-refractivity contribution in [1.29, 1.82) is 0 Å². The molecule has 6 rings (SSSR count). The van der Waals surface area contributed by atoms with Gasteiger partial charge in [-0.15, -0.1) is 16.4 Å². The Kier molecular flexibility index (Phi) is 5.73. The van der Waals surface area contributed by atoms with Crippen molar-refractivity contribution in [2.75, 3.05) is 0 Å². The number of hydrogen-bond donors (Lipinski definition) is 2. The second kappa shape index (κ2) is 9.09. The minimum atomic E-state index is -0.928. The van der Waals surface area contributed by atoms with Crippen molar-refractivity contribution in [3.05, 3.63) is 86.3 Å². The van der Waals surface area contributed by atoms with Gasteiger partial charge in [-0.25, -0.2) is 9.78 Å². The summed E-state index contributed by atoms with van der Waals surface area (Å²) in [5.41, 5.74) is 4.48.